The van der Waals surface area contributed by atoms with E-state index in [-0.39, 0.29) is 11.4 Å². The largest absolute Gasteiger partial charge is 0.480 e. The van der Waals surface area contributed by atoms with Crippen LogP contribution in [0.5, 0.6) is 0 Å². The maximum absolute atomic E-state index is 12.4. The fraction of sp³-hybridized carbons (Fsp3) is 0.417. The molecule has 9 heteroatoms. The number of carbonyl (C=O) groups excluding carboxylic acids is 1. The van der Waals surface area contributed by atoms with Gasteiger partial charge in [0.1, 0.15) is 13.1 Å². The molecule has 1 aromatic rings. The van der Waals surface area contributed by atoms with Crippen LogP contribution < -0.4 is 0 Å². The average molecular weight is 305 g/mol. The summed E-state index contributed by atoms with van der Waals surface area (Å²) in [5, 5.41) is 8.61. The van der Waals surface area contributed by atoms with E-state index in [9.17, 15) is 22.8 Å². The molecule has 0 bridgehead atoms. The van der Waals surface area contributed by atoms with E-state index in [0.717, 1.165) is 4.90 Å². The fourth-order valence-electron chi connectivity index (χ4n) is 1.64. The normalized spacial score (nSPS) is 11.0. The number of carboxylic acid groups (broad SMARTS) is 1. The van der Waals surface area contributed by atoms with Crippen molar-refractivity contribution in [3.8, 4) is 0 Å². The number of rotatable bonds is 5. The molecule has 2 amide bonds. The third kappa shape index (κ3) is 6.11. The van der Waals surface area contributed by atoms with Crippen LogP contribution in [-0.2, 0) is 11.3 Å². The van der Waals surface area contributed by atoms with Gasteiger partial charge in [0.05, 0.1) is 0 Å². The number of hydrogen-bond donors (Lipinski definition) is 1. The molecular weight excluding hydrogens is 291 g/mol. The molecule has 6 nitrogen and oxygen atoms in total. The van der Waals surface area contributed by atoms with Gasteiger partial charge in [-0.15, -0.1) is 0 Å². The van der Waals surface area contributed by atoms with Gasteiger partial charge in [0.2, 0.25) is 0 Å². The van der Waals surface area contributed by atoms with Crippen LogP contribution in [0.15, 0.2) is 24.5 Å². The molecule has 1 rings (SSSR count). The summed E-state index contributed by atoms with van der Waals surface area (Å²) in [6.07, 6.45) is -1.70. The van der Waals surface area contributed by atoms with Crippen molar-refractivity contribution in [2.75, 3.05) is 20.1 Å². The number of hydrogen-bond acceptors (Lipinski definition) is 3. The maximum Gasteiger partial charge on any atom is 0.406 e. The summed E-state index contributed by atoms with van der Waals surface area (Å²) in [5.41, 5.74) is 0.670. The number of aliphatic carboxylic acids is 1. The first-order valence-corrected chi connectivity index (χ1v) is 5.86. The monoisotopic (exact) mass is 305 g/mol. The van der Waals surface area contributed by atoms with Crippen LogP contribution in [-0.4, -0.2) is 58.2 Å². The Bertz CT molecular complexity index is 494. The van der Waals surface area contributed by atoms with Gasteiger partial charge in [-0.05, 0) is 17.7 Å². The zero-order valence-electron chi connectivity index (χ0n) is 11.2. The smallest absolute Gasteiger partial charge is 0.406 e. The average Bonchev–Trinajstić information content (AvgIpc) is 2.36. The Hall–Kier alpha value is -2.32. The minimum atomic E-state index is -4.66. The van der Waals surface area contributed by atoms with Gasteiger partial charge in [0.15, 0.2) is 0 Å². The summed E-state index contributed by atoms with van der Waals surface area (Å²) >= 11 is 0. The second kappa shape index (κ2) is 6.91. The second-order valence-corrected chi connectivity index (χ2v) is 4.36. The van der Waals surface area contributed by atoms with Crippen molar-refractivity contribution in [1.29, 1.82) is 0 Å². The third-order valence-corrected chi connectivity index (χ3v) is 2.46. The molecule has 116 valence electrons. The van der Waals surface area contributed by atoms with E-state index >= 15 is 0 Å². The highest BCUT2D eigenvalue weighted by atomic mass is 19.4. The van der Waals surface area contributed by atoms with Gasteiger partial charge in [0, 0.05) is 26.0 Å². The lowest BCUT2D eigenvalue weighted by molar-refractivity contribution is -0.149. The number of halogens is 3. The number of alkyl halides is 3. The zero-order chi connectivity index (χ0) is 16.0. The fourth-order valence-corrected chi connectivity index (χ4v) is 1.64. The Morgan fingerprint density at radius 3 is 2.33 bits per heavy atom. The molecule has 0 fully saturated rings. The molecule has 21 heavy (non-hydrogen) atoms. The number of amides is 2. The Labute approximate surface area is 118 Å². The molecular formula is C12H14F3N3O3. The number of carboxylic acids is 1. The van der Waals surface area contributed by atoms with Crippen molar-refractivity contribution < 1.29 is 27.9 Å². The lowest BCUT2D eigenvalue weighted by Gasteiger charge is -2.27. The van der Waals surface area contributed by atoms with Crippen molar-refractivity contribution >= 4 is 12.0 Å². The van der Waals surface area contributed by atoms with Crippen molar-refractivity contribution in [2.45, 2.75) is 12.7 Å². The van der Waals surface area contributed by atoms with E-state index in [2.05, 4.69) is 4.98 Å². The number of nitrogens with zero attached hydrogens (tertiary/aromatic N) is 3. The molecule has 0 aliphatic heterocycles. The van der Waals surface area contributed by atoms with Crippen LogP contribution in [0.3, 0.4) is 0 Å². The zero-order valence-corrected chi connectivity index (χ0v) is 11.2. The van der Waals surface area contributed by atoms with Gasteiger partial charge in [-0.3, -0.25) is 9.78 Å². The molecule has 1 aromatic heterocycles. The highest BCUT2D eigenvalue weighted by molar-refractivity contribution is 5.80. The molecule has 0 saturated carbocycles. The SMILES string of the molecule is CN(Cc1ccncc1)C(=O)N(CC(=O)O)CC(F)(F)F. The van der Waals surface area contributed by atoms with Gasteiger partial charge in [-0.2, -0.15) is 13.2 Å². The van der Waals surface area contributed by atoms with Gasteiger partial charge < -0.3 is 14.9 Å². The van der Waals surface area contributed by atoms with Crippen molar-refractivity contribution in [1.82, 2.24) is 14.8 Å². The van der Waals surface area contributed by atoms with Gasteiger partial charge in [-0.1, -0.05) is 0 Å². The lowest BCUT2D eigenvalue weighted by atomic mass is 10.2. The first-order valence-electron chi connectivity index (χ1n) is 5.86. The van der Waals surface area contributed by atoms with Crippen LogP contribution >= 0.6 is 0 Å². The molecule has 0 radical (unpaired) electrons. The predicted molar refractivity (Wildman–Crippen MR) is 66.4 cm³/mol. The summed E-state index contributed by atoms with van der Waals surface area (Å²) < 4.78 is 37.2. The van der Waals surface area contributed by atoms with E-state index in [1.165, 1.54) is 19.4 Å². The molecule has 0 aliphatic carbocycles. The first kappa shape index (κ1) is 16.7. The van der Waals surface area contributed by atoms with E-state index < -0.39 is 31.3 Å². The van der Waals surface area contributed by atoms with E-state index in [1.54, 1.807) is 12.1 Å². The quantitative estimate of drug-likeness (QED) is 0.896. The van der Waals surface area contributed by atoms with Crippen molar-refractivity contribution in [2.24, 2.45) is 0 Å². The van der Waals surface area contributed by atoms with Crippen molar-refractivity contribution in [3.05, 3.63) is 30.1 Å². The van der Waals surface area contributed by atoms with Gasteiger partial charge in [-0.25, -0.2) is 4.79 Å². The van der Waals surface area contributed by atoms with Crippen LogP contribution in [0.25, 0.3) is 0 Å². The van der Waals surface area contributed by atoms with Crippen molar-refractivity contribution in [3.63, 3.8) is 0 Å². The lowest BCUT2D eigenvalue weighted by Crippen LogP contribution is -2.47. The molecule has 0 aromatic carbocycles. The van der Waals surface area contributed by atoms with E-state index in [4.69, 9.17) is 5.11 Å². The molecule has 0 saturated heterocycles. The number of aromatic nitrogens is 1. The molecule has 0 aliphatic rings. The standard InChI is InChI=1S/C12H14F3N3O3/c1-17(6-9-2-4-16-5-3-9)11(21)18(7-10(19)20)8-12(13,14)15/h2-5H,6-8H2,1H3,(H,19,20). The topological polar surface area (TPSA) is 73.7 Å². The van der Waals surface area contributed by atoms with Crippen LogP contribution in [0.1, 0.15) is 5.56 Å². The minimum Gasteiger partial charge on any atom is -0.480 e. The summed E-state index contributed by atoms with van der Waals surface area (Å²) in [4.78, 5) is 27.6. The third-order valence-electron chi connectivity index (χ3n) is 2.46. The highest BCUT2D eigenvalue weighted by Gasteiger charge is 2.35. The molecule has 0 unspecified atom stereocenters. The maximum atomic E-state index is 12.4. The van der Waals surface area contributed by atoms with E-state index in [0.29, 0.717) is 5.56 Å². The molecule has 1 heterocycles. The minimum absolute atomic E-state index is 0.0509. The summed E-state index contributed by atoms with van der Waals surface area (Å²) in [7, 11) is 1.30. The van der Waals surface area contributed by atoms with E-state index in [1.807, 2.05) is 0 Å². The van der Waals surface area contributed by atoms with Gasteiger partial charge in [0.25, 0.3) is 0 Å². The Balaban J connectivity index is 2.76. The van der Waals surface area contributed by atoms with Crippen LogP contribution in [0.2, 0.25) is 0 Å². The predicted octanol–water partition coefficient (Wildman–Crippen LogP) is 1.58. The van der Waals surface area contributed by atoms with Gasteiger partial charge >= 0.3 is 18.2 Å². The Morgan fingerprint density at radius 2 is 1.86 bits per heavy atom. The number of urea groups is 1. The van der Waals surface area contributed by atoms with Crippen LogP contribution in [0.4, 0.5) is 18.0 Å². The summed E-state index contributed by atoms with van der Waals surface area (Å²) in [5.74, 6) is -1.51. The molecule has 0 spiro atoms. The van der Waals surface area contributed by atoms with Crippen LogP contribution in [0, 0.1) is 0 Å². The second-order valence-electron chi connectivity index (χ2n) is 4.36. The first-order chi connectivity index (χ1) is 9.69. The Morgan fingerprint density at radius 1 is 1.29 bits per heavy atom. The molecule has 1 N–H and O–H groups in total. The number of carbonyl (C=O) groups is 2. The molecule has 0 atom stereocenters. The summed E-state index contributed by atoms with van der Waals surface area (Å²) in [6.45, 7) is -2.58. The highest BCUT2D eigenvalue weighted by Crippen LogP contribution is 2.17. The Kier molecular flexibility index (Phi) is 5.51. The number of pyridine rings is 1. The summed E-state index contributed by atoms with van der Waals surface area (Å²) in [6, 6.07) is 2.20.